The van der Waals surface area contributed by atoms with Gasteiger partial charge in [-0.3, -0.25) is 4.99 Å². The zero-order valence-corrected chi connectivity index (χ0v) is 19.1. The number of guanidine groups is 1. The molecule has 1 aromatic rings. The number of halogens is 1. The second-order valence-electron chi connectivity index (χ2n) is 6.45. The number of hydrogen-bond acceptors (Lipinski definition) is 5. The van der Waals surface area contributed by atoms with Crippen LogP contribution >= 0.6 is 35.3 Å². The van der Waals surface area contributed by atoms with Crippen LogP contribution in [0.15, 0.2) is 4.99 Å². The van der Waals surface area contributed by atoms with Crippen LogP contribution in [-0.2, 0) is 6.54 Å². The smallest absolute Gasteiger partial charge is 0.191 e. The van der Waals surface area contributed by atoms with Crippen molar-refractivity contribution in [3.63, 3.8) is 0 Å². The summed E-state index contributed by atoms with van der Waals surface area (Å²) < 4.78 is 0. The lowest BCUT2D eigenvalue weighted by Crippen LogP contribution is -2.38. The number of aromatic nitrogens is 1. The lowest BCUT2D eigenvalue weighted by molar-refractivity contribution is 0.274. The van der Waals surface area contributed by atoms with Crippen LogP contribution < -0.4 is 10.6 Å². The summed E-state index contributed by atoms with van der Waals surface area (Å²) in [6.45, 7) is 11.8. The monoisotopic (exact) mass is 480 g/mol. The van der Waals surface area contributed by atoms with Gasteiger partial charge in [-0.05, 0) is 53.4 Å². The molecule has 2 N–H and O–H groups in total. The highest BCUT2D eigenvalue weighted by Crippen LogP contribution is 2.16. The van der Waals surface area contributed by atoms with E-state index in [2.05, 4.69) is 51.3 Å². The summed E-state index contributed by atoms with van der Waals surface area (Å²) in [5.74, 6) is 0.871. The van der Waals surface area contributed by atoms with Gasteiger partial charge in [0.1, 0.15) is 0 Å². The minimum atomic E-state index is 0. The van der Waals surface area contributed by atoms with Gasteiger partial charge in [-0.1, -0.05) is 0 Å². The van der Waals surface area contributed by atoms with Gasteiger partial charge in [-0.15, -0.1) is 35.3 Å². The standard InChI is InChI=1S/C17H32N6S.HI/c1-14-16(24-15(2)21-14)13-20-17(18-3)19-7-5-9-23-10-6-8-22(4)11-12-23;/h5-13H2,1-4H3,(H2,18,19,20);1H. The topological polar surface area (TPSA) is 55.8 Å². The van der Waals surface area contributed by atoms with Crippen LogP contribution in [0.2, 0.25) is 0 Å². The maximum Gasteiger partial charge on any atom is 0.191 e. The Morgan fingerprint density at radius 2 is 2.00 bits per heavy atom. The number of aliphatic imine (C=N–C) groups is 1. The van der Waals surface area contributed by atoms with Crippen LogP contribution in [0.1, 0.15) is 28.4 Å². The van der Waals surface area contributed by atoms with E-state index >= 15 is 0 Å². The quantitative estimate of drug-likeness (QED) is 0.283. The number of likely N-dealkylation sites (N-methyl/N-ethyl adjacent to an activating group) is 1. The van der Waals surface area contributed by atoms with E-state index in [1.165, 1.54) is 37.5 Å². The number of hydrogen-bond donors (Lipinski definition) is 2. The number of rotatable bonds is 6. The molecule has 1 aliphatic rings. The Bertz CT molecular complexity index is 533. The third kappa shape index (κ3) is 8.19. The average molecular weight is 480 g/mol. The maximum absolute atomic E-state index is 4.46. The Morgan fingerprint density at radius 3 is 2.68 bits per heavy atom. The molecule has 2 rings (SSSR count). The van der Waals surface area contributed by atoms with Crippen molar-refractivity contribution in [3.05, 3.63) is 15.6 Å². The lowest BCUT2D eigenvalue weighted by atomic mass is 10.3. The van der Waals surface area contributed by atoms with Crippen LogP contribution in [0, 0.1) is 13.8 Å². The summed E-state index contributed by atoms with van der Waals surface area (Å²) in [6, 6.07) is 0. The van der Waals surface area contributed by atoms with Gasteiger partial charge in [0.05, 0.1) is 17.2 Å². The van der Waals surface area contributed by atoms with E-state index in [1.54, 1.807) is 11.3 Å². The summed E-state index contributed by atoms with van der Waals surface area (Å²) in [5.41, 5.74) is 1.12. The van der Waals surface area contributed by atoms with Crippen molar-refractivity contribution in [2.75, 3.05) is 53.4 Å². The summed E-state index contributed by atoms with van der Waals surface area (Å²) in [4.78, 5) is 15.1. The van der Waals surface area contributed by atoms with Crippen LogP contribution in [0.25, 0.3) is 0 Å². The molecule has 25 heavy (non-hydrogen) atoms. The molecule has 0 spiro atoms. The molecular weight excluding hydrogens is 447 g/mol. The molecular formula is C17H33IN6S. The minimum Gasteiger partial charge on any atom is -0.356 e. The van der Waals surface area contributed by atoms with Crippen LogP contribution in [0.5, 0.6) is 0 Å². The van der Waals surface area contributed by atoms with Gasteiger partial charge < -0.3 is 20.4 Å². The molecule has 0 unspecified atom stereocenters. The van der Waals surface area contributed by atoms with E-state index in [9.17, 15) is 0 Å². The molecule has 1 saturated heterocycles. The molecule has 0 saturated carbocycles. The fourth-order valence-electron chi connectivity index (χ4n) is 2.96. The highest BCUT2D eigenvalue weighted by molar-refractivity contribution is 14.0. The van der Waals surface area contributed by atoms with Crippen molar-refractivity contribution in [2.45, 2.75) is 33.2 Å². The molecule has 0 bridgehead atoms. The number of aryl methyl sites for hydroxylation is 2. The second kappa shape index (κ2) is 12.0. The average Bonchev–Trinajstić information content (AvgIpc) is 2.74. The third-order valence-electron chi connectivity index (χ3n) is 4.40. The first kappa shape index (κ1) is 22.6. The Morgan fingerprint density at radius 1 is 1.20 bits per heavy atom. The Balaban J connectivity index is 0.00000312. The minimum absolute atomic E-state index is 0. The van der Waals surface area contributed by atoms with E-state index in [4.69, 9.17) is 0 Å². The van der Waals surface area contributed by atoms with E-state index in [-0.39, 0.29) is 24.0 Å². The van der Waals surface area contributed by atoms with Crippen LogP contribution in [0.4, 0.5) is 0 Å². The number of nitrogens with zero attached hydrogens (tertiary/aromatic N) is 4. The molecule has 1 fully saturated rings. The first-order valence-electron chi connectivity index (χ1n) is 8.87. The summed E-state index contributed by atoms with van der Waals surface area (Å²) >= 11 is 1.75. The number of thiazole rings is 1. The molecule has 0 radical (unpaired) electrons. The molecule has 1 aromatic heterocycles. The Hall–Kier alpha value is -0.450. The zero-order chi connectivity index (χ0) is 17.4. The van der Waals surface area contributed by atoms with Crippen molar-refractivity contribution in [1.82, 2.24) is 25.4 Å². The van der Waals surface area contributed by atoms with Crippen molar-refractivity contribution in [1.29, 1.82) is 0 Å². The molecule has 6 nitrogen and oxygen atoms in total. The third-order valence-corrected chi connectivity index (χ3v) is 5.47. The fraction of sp³-hybridized carbons (Fsp3) is 0.765. The molecule has 0 aliphatic carbocycles. The van der Waals surface area contributed by atoms with Crippen LogP contribution in [0.3, 0.4) is 0 Å². The molecule has 1 aliphatic heterocycles. The normalized spacial score (nSPS) is 17.0. The fourth-order valence-corrected chi connectivity index (χ4v) is 3.83. The van der Waals surface area contributed by atoms with E-state index in [1.807, 2.05) is 7.05 Å². The van der Waals surface area contributed by atoms with Crippen molar-refractivity contribution < 1.29 is 0 Å². The molecule has 0 amide bonds. The van der Waals surface area contributed by atoms with Gasteiger partial charge in [-0.2, -0.15) is 0 Å². The van der Waals surface area contributed by atoms with Crippen LogP contribution in [-0.4, -0.2) is 74.1 Å². The highest BCUT2D eigenvalue weighted by atomic mass is 127. The Labute approximate surface area is 173 Å². The predicted molar refractivity (Wildman–Crippen MR) is 118 cm³/mol. The van der Waals surface area contributed by atoms with E-state index in [0.29, 0.717) is 0 Å². The van der Waals surface area contributed by atoms with E-state index < -0.39 is 0 Å². The SMILES string of the molecule is CN=C(NCCCN1CCCN(C)CC1)NCc1sc(C)nc1C.I. The van der Waals surface area contributed by atoms with Gasteiger partial charge in [0, 0.05) is 31.6 Å². The van der Waals surface area contributed by atoms with Crippen molar-refractivity contribution >= 4 is 41.3 Å². The number of nitrogens with one attached hydrogen (secondary N) is 2. The highest BCUT2D eigenvalue weighted by Gasteiger charge is 2.11. The van der Waals surface area contributed by atoms with Gasteiger partial charge >= 0.3 is 0 Å². The molecule has 0 atom stereocenters. The Kier molecular flexibility index (Phi) is 10.9. The van der Waals surface area contributed by atoms with E-state index in [0.717, 1.165) is 42.7 Å². The van der Waals surface area contributed by atoms with Gasteiger partial charge in [0.2, 0.25) is 0 Å². The zero-order valence-electron chi connectivity index (χ0n) is 16.0. The predicted octanol–water partition coefficient (Wildman–Crippen LogP) is 2.07. The molecule has 144 valence electrons. The second-order valence-corrected chi connectivity index (χ2v) is 7.73. The van der Waals surface area contributed by atoms with Gasteiger partial charge in [0.25, 0.3) is 0 Å². The molecule has 0 aromatic carbocycles. The molecule has 8 heteroatoms. The van der Waals surface area contributed by atoms with Crippen molar-refractivity contribution in [2.24, 2.45) is 4.99 Å². The van der Waals surface area contributed by atoms with Gasteiger partial charge in [0.15, 0.2) is 5.96 Å². The first-order valence-corrected chi connectivity index (χ1v) is 9.68. The summed E-state index contributed by atoms with van der Waals surface area (Å²) in [7, 11) is 4.04. The van der Waals surface area contributed by atoms with Gasteiger partial charge in [-0.25, -0.2) is 4.98 Å². The first-order chi connectivity index (χ1) is 11.6. The summed E-state index contributed by atoms with van der Waals surface area (Å²) in [5, 5.41) is 7.92. The lowest BCUT2D eigenvalue weighted by Gasteiger charge is -2.20. The van der Waals surface area contributed by atoms with Crippen molar-refractivity contribution in [3.8, 4) is 0 Å². The molecule has 2 heterocycles. The maximum atomic E-state index is 4.46. The summed E-state index contributed by atoms with van der Waals surface area (Å²) in [6.07, 6.45) is 2.42. The largest absolute Gasteiger partial charge is 0.356 e.